The van der Waals surface area contributed by atoms with Crippen molar-refractivity contribution in [1.82, 2.24) is 10.2 Å². The van der Waals surface area contributed by atoms with Gasteiger partial charge in [-0.15, -0.1) is 6.42 Å². The molecular weight excluding hydrogens is 332 g/mol. The number of terminal acetylenes is 1. The quantitative estimate of drug-likeness (QED) is 0.501. The largest absolute Gasteiger partial charge is 0.493 e. The van der Waals surface area contributed by atoms with E-state index in [4.69, 9.17) is 15.9 Å². The van der Waals surface area contributed by atoms with Gasteiger partial charge in [-0.3, -0.25) is 9.69 Å². The highest BCUT2D eigenvalue weighted by atomic mass is 16.5. The maximum absolute atomic E-state index is 12.7. The van der Waals surface area contributed by atoms with Crippen LogP contribution >= 0.6 is 0 Å². The van der Waals surface area contributed by atoms with Gasteiger partial charge in [-0.1, -0.05) is 31.2 Å². The van der Waals surface area contributed by atoms with E-state index >= 15 is 0 Å². The van der Waals surface area contributed by atoms with E-state index in [1.807, 2.05) is 0 Å². The predicted molar refractivity (Wildman–Crippen MR) is 97.5 cm³/mol. The number of rotatable bonds is 5. The molecular formula is C20H22N2O4. The normalized spacial score (nSPS) is 19.4. The molecule has 3 amide bonds. The van der Waals surface area contributed by atoms with Crippen LogP contribution in [0.15, 0.2) is 23.9 Å². The van der Waals surface area contributed by atoms with E-state index in [0.29, 0.717) is 11.5 Å². The summed E-state index contributed by atoms with van der Waals surface area (Å²) in [6.07, 6.45) is 11.9. The van der Waals surface area contributed by atoms with Gasteiger partial charge in [-0.2, -0.15) is 0 Å². The number of imide groups is 1. The van der Waals surface area contributed by atoms with Crippen molar-refractivity contribution >= 4 is 18.0 Å². The summed E-state index contributed by atoms with van der Waals surface area (Å²) in [5, 5.41) is 2.69. The second-order valence-electron chi connectivity index (χ2n) is 6.36. The van der Waals surface area contributed by atoms with E-state index in [2.05, 4.69) is 11.2 Å². The molecule has 0 spiro atoms. The lowest BCUT2D eigenvalue weighted by molar-refractivity contribution is -0.124. The number of methoxy groups -OCH3 is 1. The highest BCUT2D eigenvalue weighted by Crippen LogP contribution is 2.30. The van der Waals surface area contributed by atoms with Gasteiger partial charge in [0.2, 0.25) is 0 Å². The number of amides is 3. The molecule has 0 aromatic heterocycles. The van der Waals surface area contributed by atoms with Crippen molar-refractivity contribution in [1.29, 1.82) is 0 Å². The number of nitrogens with zero attached hydrogens (tertiary/aromatic N) is 1. The first-order valence-corrected chi connectivity index (χ1v) is 8.74. The molecule has 6 nitrogen and oxygen atoms in total. The van der Waals surface area contributed by atoms with Crippen LogP contribution in [0.4, 0.5) is 4.79 Å². The van der Waals surface area contributed by atoms with Crippen LogP contribution in [-0.2, 0) is 4.79 Å². The Morgan fingerprint density at radius 1 is 1.27 bits per heavy atom. The summed E-state index contributed by atoms with van der Waals surface area (Å²) >= 11 is 0. The monoisotopic (exact) mass is 354 g/mol. The van der Waals surface area contributed by atoms with E-state index in [1.54, 1.807) is 24.3 Å². The Kier molecular flexibility index (Phi) is 5.47. The van der Waals surface area contributed by atoms with Gasteiger partial charge < -0.3 is 14.8 Å². The Balaban J connectivity index is 1.80. The van der Waals surface area contributed by atoms with Gasteiger partial charge in [-0.25, -0.2) is 4.79 Å². The van der Waals surface area contributed by atoms with Gasteiger partial charge in [0.25, 0.3) is 5.91 Å². The zero-order chi connectivity index (χ0) is 18.5. The van der Waals surface area contributed by atoms with Crippen LogP contribution in [0.25, 0.3) is 6.08 Å². The lowest BCUT2D eigenvalue weighted by Gasteiger charge is -2.28. The molecule has 1 aromatic carbocycles. The summed E-state index contributed by atoms with van der Waals surface area (Å²) in [5.74, 6) is 3.17. The van der Waals surface area contributed by atoms with E-state index in [9.17, 15) is 9.59 Å². The van der Waals surface area contributed by atoms with Crippen LogP contribution in [0.2, 0.25) is 0 Å². The molecule has 1 saturated carbocycles. The van der Waals surface area contributed by atoms with Crippen molar-refractivity contribution in [3.8, 4) is 23.8 Å². The van der Waals surface area contributed by atoms with Gasteiger partial charge in [0.1, 0.15) is 12.3 Å². The van der Waals surface area contributed by atoms with Gasteiger partial charge in [-0.05, 0) is 36.6 Å². The highest BCUT2D eigenvalue weighted by Gasteiger charge is 2.38. The molecule has 1 aromatic rings. The predicted octanol–water partition coefficient (Wildman–Crippen LogP) is 2.93. The maximum atomic E-state index is 12.7. The topological polar surface area (TPSA) is 67.9 Å². The summed E-state index contributed by atoms with van der Waals surface area (Å²) in [4.78, 5) is 26.3. The number of benzene rings is 1. The lowest BCUT2D eigenvalue weighted by Crippen LogP contribution is -2.41. The first-order chi connectivity index (χ1) is 12.6. The van der Waals surface area contributed by atoms with Crippen molar-refractivity contribution < 1.29 is 19.1 Å². The van der Waals surface area contributed by atoms with Crippen molar-refractivity contribution in [3.63, 3.8) is 0 Å². The van der Waals surface area contributed by atoms with Crippen molar-refractivity contribution in [2.45, 2.75) is 38.1 Å². The molecule has 26 heavy (non-hydrogen) atoms. The molecule has 1 saturated heterocycles. The standard InChI is InChI=1S/C20H22N2O4/c1-3-11-26-17-10-9-14(13-18(17)25-2)12-16-19(23)22(20(24)21-16)15-7-5-4-6-8-15/h1,9-10,12-13,15H,4-8,11H2,2H3,(H,21,24)/b16-12-. The van der Waals surface area contributed by atoms with E-state index in [0.717, 1.165) is 37.7 Å². The Morgan fingerprint density at radius 2 is 2.04 bits per heavy atom. The van der Waals surface area contributed by atoms with E-state index < -0.39 is 0 Å². The molecule has 0 bridgehead atoms. The highest BCUT2D eigenvalue weighted by molar-refractivity contribution is 6.14. The number of hydrogen-bond acceptors (Lipinski definition) is 4. The van der Waals surface area contributed by atoms with Crippen LogP contribution in [-0.4, -0.2) is 36.6 Å². The number of carbonyl (C=O) groups excluding carboxylic acids is 2. The molecule has 0 atom stereocenters. The third-order valence-electron chi connectivity index (χ3n) is 4.66. The zero-order valence-electron chi connectivity index (χ0n) is 14.8. The maximum Gasteiger partial charge on any atom is 0.329 e. The summed E-state index contributed by atoms with van der Waals surface area (Å²) in [5.41, 5.74) is 1.00. The van der Waals surface area contributed by atoms with Gasteiger partial charge in [0.15, 0.2) is 11.5 Å². The van der Waals surface area contributed by atoms with Crippen molar-refractivity contribution in [2.24, 2.45) is 0 Å². The molecule has 6 heteroatoms. The van der Waals surface area contributed by atoms with Gasteiger partial charge in [0.05, 0.1) is 7.11 Å². The first kappa shape index (κ1) is 17.9. The Morgan fingerprint density at radius 3 is 2.73 bits per heavy atom. The molecule has 0 unspecified atom stereocenters. The fourth-order valence-corrected chi connectivity index (χ4v) is 3.40. The fourth-order valence-electron chi connectivity index (χ4n) is 3.40. The van der Waals surface area contributed by atoms with E-state index in [1.165, 1.54) is 12.0 Å². The first-order valence-electron chi connectivity index (χ1n) is 8.74. The van der Waals surface area contributed by atoms with Crippen molar-refractivity contribution in [3.05, 3.63) is 29.5 Å². The summed E-state index contributed by atoms with van der Waals surface area (Å²) < 4.78 is 10.7. The van der Waals surface area contributed by atoms with Crippen LogP contribution in [0.1, 0.15) is 37.7 Å². The van der Waals surface area contributed by atoms with E-state index in [-0.39, 0.29) is 30.3 Å². The minimum atomic E-state index is -0.339. The SMILES string of the molecule is C#CCOc1ccc(/C=C2\NC(=O)N(C3CCCCC3)C2=O)cc1OC. The second kappa shape index (κ2) is 7.96. The van der Waals surface area contributed by atoms with Gasteiger partial charge >= 0.3 is 6.03 Å². The Bertz CT molecular complexity index is 773. The van der Waals surface area contributed by atoms with Crippen LogP contribution < -0.4 is 14.8 Å². The number of hydrogen-bond donors (Lipinski definition) is 1. The molecule has 0 radical (unpaired) electrons. The molecule has 1 N–H and O–H groups in total. The summed E-state index contributed by atoms with van der Waals surface area (Å²) in [7, 11) is 1.53. The Labute approximate surface area is 153 Å². The summed E-state index contributed by atoms with van der Waals surface area (Å²) in [6.45, 7) is 0.141. The molecule has 1 heterocycles. The Hall–Kier alpha value is -2.94. The third kappa shape index (κ3) is 3.67. The average Bonchev–Trinajstić information content (AvgIpc) is 2.94. The minimum absolute atomic E-state index is 0.00350. The molecule has 2 fully saturated rings. The molecule has 136 valence electrons. The van der Waals surface area contributed by atoms with Crippen LogP contribution in [0.5, 0.6) is 11.5 Å². The molecule has 2 aliphatic rings. The number of urea groups is 1. The average molecular weight is 354 g/mol. The fraction of sp³-hybridized carbons (Fsp3) is 0.400. The van der Waals surface area contributed by atoms with Crippen LogP contribution in [0.3, 0.4) is 0 Å². The summed E-state index contributed by atoms with van der Waals surface area (Å²) in [6, 6.07) is 4.90. The third-order valence-corrected chi connectivity index (χ3v) is 4.66. The second-order valence-corrected chi connectivity index (χ2v) is 6.36. The van der Waals surface area contributed by atoms with Crippen LogP contribution in [0, 0.1) is 12.3 Å². The smallest absolute Gasteiger partial charge is 0.329 e. The number of nitrogens with one attached hydrogen (secondary N) is 1. The van der Waals surface area contributed by atoms with Crippen molar-refractivity contribution in [2.75, 3.05) is 13.7 Å². The minimum Gasteiger partial charge on any atom is -0.493 e. The number of ether oxygens (including phenoxy) is 2. The van der Waals surface area contributed by atoms with Gasteiger partial charge in [0, 0.05) is 6.04 Å². The molecule has 1 aliphatic carbocycles. The lowest BCUT2D eigenvalue weighted by atomic mass is 9.94. The molecule has 3 rings (SSSR count). The molecule has 1 aliphatic heterocycles. The number of carbonyl (C=O) groups is 2. The zero-order valence-corrected chi connectivity index (χ0v) is 14.8.